The van der Waals surface area contributed by atoms with Gasteiger partial charge >= 0.3 is 11.9 Å². The van der Waals surface area contributed by atoms with Gasteiger partial charge in [-0.25, -0.2) is 9.59 Å². The van der Waals surface area contributed by atoms with Crippen molar-refractivity contribution in [2.75, 3.05) is 32.2 Å². The second kappa shape index (κ2) is 11.3. The van der Waals surface area contributed by atoms with Crippen LogP contribution in [-0.4, -0.2) is 50.7 Å². The number of nitrogens with one attached hydrogen (secondary N) is 1. The number of anilines is 1. The minimum absolute atomic E-state index is 0.00743. The SMILES string of the molecule is COCCOC(=O)c1c(NC(=O)COC(=O)c2occc2-c2ccccc2)sc(C(N)=O)c1C. The maximum absolute atomic E-state index is 12.5. The Balaban J connectivity index is 1.70. The van der Waals surface area contributed by atoms with Crippen molar-refractivity contribution in [3.63, 3.8) is 0 Å². The van der Waals surface area contributed by atoms with Crippen molar-refractivity contribution in [1.29, 1.82) is 0 Å². The number of carbonyl (C=O) groups excluding carboxylic acids is 4. The summed E-state index contributed by atoms with van der Waals surface area (Å²) in [5.41, 5.74) is 6.91. The Morgan fingerprint density at radius 2 is 1.76 bits per heavy atom. The molecule has 0 saturated carbocycles. The van der Waals surface area contributed by atoms with Gasteiger partial charge in [0.05, 0.1) is 23.3 Å². The normalized spacial score (nSPS) is 10.5. The van der Waals surface area contributed by atoms with Crippen molar-refractivity contribution in [2.45, 2.75) is 6.92 Å². The number of hydrogen-bond acceptors (Lipinski definition) is 9. The first kappa shape index (κ1) is 24.7. The van der Waals surface area contributed by atoms with Crippen LogP contribution in [0.25, 0.3) is 11.1 Å². The molecule has 0 unspecified atom stereocenters. The molecule has 34 heavy (non-hydrogen) atoms. The largest absolute Gasteiger partial charge is 0.460 e. The van der Waals surface area contributed by atoms with Gasteiger partial charge in [-0.2, -0.15) is 0 Å². The molecule has 3 rings (SSSR count). The molecule has 178 valence electrons. The summed E-state index contributed by atoms with van der Waals surface area (Å²) in [6.07, 6.45) is 1.35. The molecule has 0 atom stereocenters. The number of benzene rings is 1. The number of amides is 2. The zero-order chi connectivity index (χ0) is 24.7. The summed E-state index contributed by atoms with van der Waals surface area (Å²) in [6, 6.07) is 10.7. The van der Waals surface area contributed by atoms with Crippen LogP contribution in [0, 0.1) is 6.92 Å². The molecule has 2 aromatic heterocycles. The van der Waals surface area contributed by atoms with E-state index in [1.54, 1.807) is 18.2 Å². The number of primary amides is 1. The van der Waals surface area contributed by atoms with E-state index >= 15 is 0 Å². The van der Waals surface area contributed by atoms with E-state index < -0.39 is 30.4 Å². The number of furan rings is 1. The number of thiophene rings is 1. The maximum atomic E-state index is 12.5. The number of hydrogen-bond donors (Lipinski definition) is 2. The molecule has 0 spiro atoms. The van der Waals surface area contributed by atoms with Gasteiger partial charge < -0.3 is 29.7 Å². The molecule has 2 amide bonds. The highest BCUT2D eigenvalue weighted by atomic mass is 32.1. The van der Waals surface area contributed by atoms with E-state index in [9.17, 15) is 19.2 Å². The summed E-state index contributed by atoms with van der Waals surface area (Å²) in [5, 5.41) is 2.53. The zero-order valence-corrected chi connectivity index (χ0v) is 19.2. The first-order valence-electron chi connectivity index (χ1n) is 10.0. The summed E-state index contributed by atoms with van der Waals surface area (Å²) in [5.74, 6) is -3.13. The lowest BCUT2D eigenvalue weighted by Crippen LogP contribution is -2.22. The predicted octanol–water partition coefficient (Wildman–Crippen LogP) is 3.01. The molecule has 2 heterocycles. The van der Waals surface area contributed by atoms with Gasteiger partial charge in [0, 0.05) is 12.7 Å². The third-order valence-corrected chi connectivity index (χ3v) is 5.84. The van der Waals surface area contributed by atoms with E-state index in [0.29, 0.717) is 5.56 Å². The first-order valence-corrected chi connectivity index (χ1v) is 10.8. The Hall–Kier alpha value is -3.96. The van der Waals surface area contributed by atoms with Gasteiger partial charge in [-0.1, -0.05) is 30.3 Å². The van der Waals surface area contributed by atoms with E-state index in [0.717, 1.165) is 16.9 Å². The summed E-state index contributed by atoms with van der Waals surface area (Å²) in [6.45, 7) is 1.01. The van der Waals surface area contributed by atoms with Gasteiger partial charge in [0.2, 0.25) is 5.76 Å². The molecule has 1 aromatic carbocycles. The highest BCUT2D eigenvalue weighted by molar-refractivity contribution is 7.18. The molecule has 0 aliphatic heterocycles. The lowest BCUT2D eigenvalue weighted by Gasteiger charge is -2.08. The van der Waals surface area contributed by atoms with Crippen molar-refractivity contribution in [2.24, 2.45) is 5.73 Å². The number of methoxy groups -OCH3 is 1. The fraction of sp³-hybridized carbons (Fsp3) is 0.217. The Morgan fingerprint density at radius 1 is 1.03 bits per heavy atom. The molecule has 3 N–H and O–H groups in total. The average molecular weight is 487 g/mol. The highest BCUT2D eigenvalue weighted by Gasteiger charge is 2.26. The van der Waals surface area contributed by atoms with Gasteiger partial charge in [0.15, 0.2) is 6.61 Å². The van der Waals surface area contributed by atoms with Crippen LogP contribution in [0.2, 0.25) is 0 Å². The van der Waals surface area contributed by atoms with Crippen LogP contribution in [0.15, 0.2) is 47.1 Å². The minimum Gasteiger partial charge on any atom is -0.460 e. The molecule has 0 saturated heterocycles. The highest BCUT2D eigenvalue weighted by Crippen LogP contribution is 2.33. The second-order valence-electron chi connectivity index (χ2n) is 6.91. The molecule has 3 aromatic rings. The molecule has 0 radical (unpaired) electrons. The number of nitrogens with two attached hydrogens (primary N) is 1. The third-order valence-electron chi connectivity index (χ3n) is 4.62. The number of esters is 2. The molecular weight excluding hydrogens is 464 g/mol. The Bertz CT molecular complexity index is 1200. The number of rotatable bonds is 10. The minimum atomic E-state index is -0.835. The average Bonchev–Trinajstić information content (AvgIpc) is 3.43. The molecular formula is C23H22N2O8S. The molecule has 0 aliphatic carbocycles. The van der Waals surface area contributed by atoms with Crippen molar-refractivity contribution in [3.8, 4) is 11.1 Å². The summed E-state index contributed by atoms with van der Waals surface area (Å²) < 4.78 is 20.3. The van der Waals surface area contributed by atoms with Crippen LogP contribution < -0.4 is 11.1 Å². The van der Waals surface area contributed by atoms with Gasteiger partial charge in [-0.15, -0.1) is 11.3 Å². The smallest absolute Gasteiger partial charge is 0.375 e. The van der Waals surface area contributed by atoms with Crippen molar-refractivity contribution < 1.29 is 37.8 Å². The molecule has 0 fully saturated rings. The standard InChI is InChI=1S/C23H22N2O8S/c1-13-17(22(28)32-11-10-30-2)21(34-19(13)20(24)27)25-16(26)12-33-23(29)18-15(8-9-31-18)14-6-4-3-5-7-14/h3-9H,10-12H2,1-2H3,(H2,24,27)(H,25,26). The van der Waals surface area contributed by atoms with Gasteiger partial charge in [0.25, 0.3) is 11.8 Å². The van der Waals surface area contributed by atoms with Crippen LogP contribution in [0.4, 0.5) is 5.00 Å². The molecule has 10 nitrogen and oxygen atoms in total. The fourth-order valence-corrected chi connectivity index (χ4v) is 4.11. The second-order valence-corrected chi connectivity index (χ2v) is 7.93. The lowest BCUT2D eigenvalue weighted by atomic mass is 10.1. The van der Waals surface area contributed by atoms with Gasteiger partial charge in [-0.05, 0) is 24.1 Å². The number of ether oxygens (including phenoxy) is 3. The van der Waals surface area contributed by atoms with Crippen LogP contribution >= 0.6 is 11.3 Å². The quantitative estimate of drug-likeness (QED) is 0.328. The van der Waals surface area contributed by atoms with Crippen LogP contribution in [0.3, 0.4) is 0 Å². The van der Waals surface area contributed by atoms with Crippen molar-refractivity contribution in [3.05, 3.63) is 64.4 Å². The summed E-state index contributed by atoms with van der Waals surface area (Å²) >= 11 is 0.824. The van der Waals surface area contributed by atoms with Gasteiger partial charge in [-0.3, -0.25) is 9.59 Å². The Morgan fingerprint density at radius 3 is 2.44 bits per heavy atom. The van der Waals surface area contributed by atoms with E-state index in [2.05, 4.69) is 5.32 Å². The molecule has 0 bridgehead atoms. The lowest BCUT2D eigenvalue weighted by molar-refractivity contribution is -0.119. The Labute approximate surface area is 198 Å². The maximum Gasteiger partial charge on any atom is 0.375 e. The zero-order valence-electron chi connectivity index (χ0n) is 18.4. The van der Waals surface area contributed by atoms with Crippen LogP contribution in [-0.2, 0) is 19.0 Å². The van der Waals surface area contributed by atoms with E-state index in [1.165, 1.54) is 20.3 Å². The molecule has 0 aliphatic rings. The fourth-order valence-electron chi connectivity index (χ4n) is 3.04. The first-order chi connectivity index (χ1) is 16.3. The molecule has 11 heteroatoms. The third kappa shape index (κ3) is 5.69. The van der Waals surface area contributed by atoms with E-state index in [1.807, 2.05) is 18.2 Å². The Kier molecular flexibility index (Phi) is 8.17. The number of carbonyl (C=O) groups is 4. The van der Waals surface area contributed by atoms with Crippen LogP contribution in [0.5, 0.6) is 0 Å². The van der Waals surface area contributed by atoms with Gasteiger partial charge in [0.1, 0.15) is 11.6 Å². The van der Waals surface area contributed by atoms with Crippen molar-refractivity contribution >= 4 is 40.1 Å². The predicted molar refractivity (Wildman–Crippen MR) is 123 cm³/mol. The van der Waals surface area contributed by atoms with E-state index in [4.69, 9.17) is 24.4 Å². The topological polar surface area (TPSA) is 147 Å². The van der Waals surface area contributed by atoms with E-state index in [-0.39, 0.29) is 40.0 Å². The van der Waals surface area contributed by atoms with Crippen LogP contribution in [0.1, 0.15) is 36.1 Å². The van der Waals surface area contributed by atoms with Crippen molar-refractivity contribution in [1.82, 2.24) is 0 Å². The summed E-state index contributed by atoms with van der Waals surface area (Å²) in [7, 11) is 1.45. The summed E-state index contributed by atoms with van der Waals surface area (Å²) in [4.78, 5) is 49.3. The monoisotopic (exact) mass is 486 g/mol.